The summed E-state index contributed by atoms with van der Waals surface area (Å²) in [6, 6.07) is 2.38. The molecule has 1 fully saturated rings. The summed E-state index contributed by atoms with van der Waals surface area (Å²) in [6.45, 7) is 1.96. The molecule has 0 radical (unpaired) electrons. The number of hydrogen-bond acceptors (Lipinski definition) is 5. The van der Waals surface area contributed by atoms with Gasteiger partial charge in [-0.25, -0.2) is 9.97 Å². The topological polar surface area (TPSA) is 54.9 Å². The van der Waals surface area contributed by atoms with Crippen molar-refractivity contribution in [1.29, 1.82) is 0 Å². The Morgan fingerprint density at radius 2 is 2.09 bits per heavy atom. The van der Waals surface area contributed by atoms with Crippen LogP contribution < -0.4 is 5.32 Å². The van der Waals surface area contributed by atoms with Crippen LogP contribution in [-0.2, 0) is 4.79 Å². The number of thioether (sulfide) groups is 1. The van der Waals surface area contributed by atoms with Crippen molar-refractivity contribution in [2.45, 2.75) is 61.8 Å². The summed E-state index contributed by atoms with van der Waals surface area (Å²) in [6.07, 6.45) is 8.87. The van der Waals surface area contributed by atoms with Gasteiger partial charge in [0.05, 0.1) is 5.25 Å². The Hall–Kier alpha value is -1.14. The standard InChI is InChI=1S/C16H21N3OS2/c1-11(14(20)19-12-6-4-2-3-5-7-12)22-16-13-8-9-21-15(13)17-10-18-16/h8-12H,2-7H2,1H3,(H,19,20)/t11-/m0/s1. The summed E-state index contributed by atoms with van der Waals surface area (Å²) in [4.78, 5) is 22.0. The Balaban J connectivity index is 1.62. The predicted octanol–water partition coefficient (Wildman–Crippen LogP) is 4.01. The average Bonchev–Trinajstić information content (AvgIpc) is 2.86. The molecule has 1 amide bonds. The molecule has 2 heterocycles. The van der Waals surface area contributed by atoms with E-state index >= 15 is 0 Å². The number of aromatic nitrogens is 2. The molecule has 1 aliphatic carbocycles. The lowest BCUT2D eigenvalue weighted by Gasteiger charge is -2.19. The molecule has 0 aliphatic heterocycles. The first-order valence-corrected chi connectivity index (χ1v) is 9.65. The molecule has 0 unspecified atom stereocenters. The molecule has 1 aliphatic rings. The number of hydrogen-bond donors (Lipinski definition) is 1. The van der Waals surface area contributed by atoms with Crippen LogP contribution in [0.5, 0.6) is 0 Å². The van der Waals surface area contributed by atoms with Crippen LogP contribution in [0.15, 0.2) is 22.8 Å². The molecular weight excluding hydrogens is 314 g/mol. The second kappa shape index (κ2) is 7.42. The van der Waals surface area contributed by atoms with Gasteiger partial charge in [0, 0.05) is 11.4 Å². The van der Waals surface area contributed by atoms with E-state index in [1.165, 1.54) is 37.4 Å². The van der Waals surface area contributed by atoms with Crippen molar-refractivity contribution >= 4 is 39.2 Å². The Labute approximate surface area is 139 Å². The van der Waals surface area contributed by atoms with Crippen LogP contribution >= 0.6 is 23.1 Å². The fraction of sp³-hybridized carbons (Fsp3) is 0.562. The largest absolute Gasteiger partial charge is 0.352 e. The second-order valence-electron chi connectivity index (χ2n) is 5.78. The fourth-order valence-corrected chi connectivity index (χ4v) is 4.53. The van der Waals surface area contributed by atoms with Gasteiger partial charge in [0.15, 0.2) is 0 Å². The zero-order valence-electron chi connectivity index (χ0n) is 12.7. The lowest BCUT2D eigenvalue weighted by atomic mass is 10.1. The van der Waals surface area contributed by atoms with Crippen molar-refractivity contribution in [1.82, 2.24) is 15.3 Å². The number of carbonyl (C=O) groups is 1. The Morgan fingerprint density at radius 1 is 1.32 bits per heavy atom. The van der Waals surface area contributed by atoms with E-state index in [9.17, 15) is 4.79 Å². The van der Waals surface area contributed by atoms with E-state index in [0.717, 1.165) is 28.1 Å². The van der Waals surface area contributed by atoms with Crippen LogP contribution in [-0.4, -0.2) is 27.2 Å². The van der Waals surface area contributed by atoms with Gasteiger partial charge in [-0.2, -0.15) is 0 Å². The molecule has 118 valence electrons. The zero-order chi connectivity index (χ0) is 15.4. The summed E-state index contributed by atoms with van der Waals surface area (Å²) < 4.78 is 0. The molecule has 6 heteroatoms. The highest BCUT2D eigenvalue weighted by Crippen LogP contribution is 2.30. The zero-order valence-corrected chi connectivity index (χ0v) is 14.4. The van der Waals surface area contributed by atoms with Gasteiger partial charge in [0.1, 0.15) is 16.2 Å². The van der Waals surface area contributed by atoms with Crippen LogP contribution in [0.25, 0.3) is 10.2 Å². The maximum absolute atomic E-state index is 12.4. The third kappa shape index (κ3) is 3.79. The summed E-state index contributed by atoms with van der Waals surface area (Å²) in [5.41, 5.74) is 0. The highest BCUT2D eigenvalue weighted by Gasteiger charge is 2.21. The quantitative estimate of drug-likeness (QED) is 0.521. The van der Waals surface area contributed by atoms with E-state index < -0.39 is 0 Å². The molecule has 0 spiro atoms. The number of fused-ring (bicyclic) bond motifs is 1. The number of thiophene rings is 1. The van der Waals surface area contributed by atoms with Crippen LogP contribution in [0, 0.1) is 0 Å². The molecule has 2 aromatic rings. The van der Waals surface area contributed by atoms with Gasteiger partial charge < -0.3 is 5.32 Å². The molecule has 3 rings (SSSR count). The minimum atomic E-state index is -0.138. The highest BCUT2D eigenvalue weighted by atomic mass is 32.2. The van der Waals surface area contributed by atoms with Crippen LogP contribution in [0.4, 0.5) is 0 Å². The third-order valence-corrected chi connectivity index (χ3v) is 6.02. The SMILES string of the molecule is C[C@H](Sc1ncnc2sccc12)C(=O)NC1CCCCCC1. The molecule has 0 bridgehead atoms. The Bertz CT molecular complexity index is 635. The minimum absolute atomic E-state index is 0.124. The maximum Gasteiger partial charge on any atom is 0.233 e. The molecule has 22 heavy (non-hydrogen) atoms. The van der Waals surface area contributed by atoms with E-state index in [-0.39, 0.29) is 11.2 Å². The summed E-state index contributed by atoms with van der Waals surface area (Å²) in [5, 5.41) is 7.04. The van der Waals surface area contributed by atoms with Crippen LogP contribution in [0.1, 0.15) is 45.4 Å². The normalized spacial score (nSPS) is 18.0. The molecule has 1 N–H and O–H groups in total. The van der Waals surface area contributed by atoms with E-state index in [4.69, 9.17) is 0 Å². The molecular formula is C16H21N3OS2. The van der Waals surface area contributed by atoms with Crippen LogP contribution in [0.3, 0.4) is 0 Å². The van der Waals surface area contributed by atoms with Crippen molar-refractivity contribution in [3.05, 3.63) is 17.8 Å². The lowest BCUT2D eigenvalue weighted by molar-refractivity contribution is -0.121. The van der Waals surface area contributed by atoms with Gasteiger partial charge in [0.25, 0.3) is 0 Å². The molecule has 2 aromatic heterocycles. The maximum atomic E-state index is 12.4. The fourth-order valence-electron chi connectivity index (χ4n) is 2.82. The Morgan fingerprint density at radius 3 is 2.86 bits per heavy atom. The summed E-state index contributed by atoms with van der Waals surface area (Å²) in [5.74, 6) is 0.124. The lowest BCUT2D eigenvalue weighted by Crippen LogP contribution is -2.39. The molecule has 4 nitrogen and oxygen atoms in total. The van der Waals surface area contributed by atoms with Gasteiger partial charge in [-0.05, 0) is 31.2 Å². The summed E-state index contributed by atoms with van der Waals surface area (Å²) in [7, 11) is 0. The monoisotopic (exact) mass is 335 g/mol. The molecule has 1 atom stereocenters. The van der Waals surface area contributed by atoms with E-state index in [2.05, 4.69) is 15.3 Å². The first-order valence-electron chi connectivity index (χ1n) is 7.89. The number of carbonyl (C=O) groups excluding carboxylic acids is 1. The van der Waals surface area contributed by atoms with Crippen molar-refractivity contribution in [3.63, 3.8) is 0 Å². The molecule has 1 saturated carbocycles. The predicted molar refractivity (Wildman–Crippen MR) is 92.4 cm³/mol. The molecule has 0 saturated heterocycles. The van der Waals surface area contributed by atoms with Gasteiger partial charge in [-0.3, -0.25) is 4.79 Å². The van der Waals surface area contributed by atoms with Gasteiger partial charge in [0.2, 0.25) is 5.91 Å². The number of nitrogens with zero attached hydrogens (tertiary/aromatic N) is 2. The van der Waals surface area contributed by atoms with Crippen LogP contribution in [0.2, 0.25) is 0 Å². The van der Waals surface area contributed by atoms with Gasteiger partial charge in [-0.15, -0.1) is 11.3 Å². The van der Waals surface area contributed by atoms with Crippen molar-refractivity contribution in [3.8, 4) is 0 Å². The number of amides is 1. The first kappa shape index (κ1) is 15.7. The van der Waals surface area contributed by atoms with E-state index in [0.29, 0.717) is 6.04 Å². The Kier molecular flexibility index (Phi) is 5.31. The number of nitrogens with one attached hydrogen (secondary N) is 1. The second-order valence-corrected chi connectivity index (χ2v) is 8.00. The molecule has 0 aromatic carbocycles. The highest BCUT2D eigenvalue weighted by molar-refractivity contribution is 8.00. The van der Waals surface area contributed by atoms with E-state index in [1.54, 1.807) is 17.7 Å². The smallest absolute Gasteiger partial charge is 0.233 e. The first-order chi connectivity index (χ1) is 10.7. The van der Waals surface area contributed by atoms with Gasteiger partial charge in [-0.1, -0.05) is 37.4 Å². The third-order valence-electron chi connectivity index (χ3n) is 4.08. The summed E-state index contributed by atoms with van der Waals surface area (Å²) >= 11 is 3.13. The van der Waals surface area contributed by atoms with E-state index in [1.807, 2.05) is 18.4 Å². The average molecular weight is 335 g/mol. The van der Waals surface area contributed by atoms with Gasteiger partial charge >= 0.3 is 0 Å². The number of rotatable bonds is 4. The van der Waals surface area contributed by atoms with Crippen molar-refractivity contribution in [2.24, 2.45) is 0 Å². The van der Waals surface area contributed by atoms with Crippen molar-refractivity contribution in [2.75, 3.05) is 0 Å². The van der Waals surface area contributed by atoms with Crippen molar-refractivity contribution < 1.29 is 4.79 Å². The minimum Gasteiger partial charge on any atom is -0.352 e.